The molecular weight excluding hydrogens is 422 g/mol. The Balaban J connectivity index is 1.19. The van der Waals surface area contributed by atoms with Crippen LogP contribution in [0.25, 0.3) is 16.6 Å². The lowest BCUT2D eigenvalue weighted by Gasteiger charge is -2.36. The Hall–Kier alpha value is -2.86. The van der Waals surface area contributed by atoms with Gasteiger partial charge in [-0.25, -0.2) is 4.52 Å². The third-order valence-electron chi connectivity index (χ3n) is 8.01. The molecule has 6 rings (SSSR count). The first-order valence-electron chi connectivity index (χ1n) is 12.9. The maximum atomic E-state index is 12.4. The van der Waals surface area contributed by atoms with Crippen LogP contribution in [0.15, 0.2) is 48.8 Å². The Morgan fingerprint density at radius 3 is 2.38 bits per heavy atom. The largest absolute Gasteiger partial charge is 0.366 e. The summed E-state index contributed by atoms with van der Waals surface area (Å²) in [6.45, 7) is 10.3. The van der Waals surface area contributed by atoms with Crippen LogP contribution in [-0.4, -0.2) is 70.6 Å². The molecule has 1 saturated carbocycles. The Morgan fingerprint density at radius 2 is 1.71 bits per heavy atom. The van der Waals surface area contributed by atoms with Crippen LogP contribution in [0.1, 0.15) is 44.6 Å². The molecule has 1 aliphatic carbocycles. The molecule has 1 atom stereocenters. The summed E-state index contributed by atoms with van der Waals surface area (Å²) in [4.78, 5) is 19.5. The fourth-order valence-electron chi connectivity index (χ4n) is 5.66. The van der Waals surface area contributed by atoms with Crippen molar-refractivity contribution < 1.29 is 4.79 Å². The van der Waals surface area contributed by atoms with Crippen molar-refractivity contribution in [1.29, 1.82) is 0 Å². The fourth-order valence-corrected chi connectivity index (χ4v) is 5.66. The van der Waals surface area contributed by atoms with Gasteiger partial charge in [0.15, 0.2) is 0 Å². The van der Waals surface area contributed by atoms with Gasteiger partial charge in [0, 0.05) is 62.6 Å². The Bertz CT molecular complexity index is 1170. The lowest BCUT2D eigenvalue weighted by atomic mass is 9.96. The molecule has 3 fully saturated rings. The first kappa shape index (κ1) is 21.7. The molecule has 2 aliphatic heterocycles. The van der Waals surface area contributed by atoms with Crippen molar-refractivity contribution in [3.8, 4) is 11.1 Å². The smallest absolute Gasteiger partial charge is 0.225 e. The van der Waals surface area contributed by atoms with Crippen LogP contribution >= 0.6 is 0 Å². The molecule has 0 N–H and O–H groups in total. The van der Waals surface area contributed by atoms with E-state index >= 15 is 0 Å². The Morgan fingerprint density at radius 1 is 0.941 bits per heavy atom. The van der Waals surface area contributed by atoms with E-state index in [1.807, 2.05) is 10.7 Å². The summed E-state index contributed by atoms with van der Waals surface area (Å²) < 4.78 is 2.00. The number of hydrogen-bond donors (Lipinski definition) is 0. The lowest BCUT2D eigenvalue weighted by molar-refractivity contribution is -0.132. The van der Waals surface area contributed by atoms with Gasteiger partial charge in [-0.1, -0.05) is 24.3 Å². The molecule has 1 amide bonds. The average molecular weight is 458 g/mol. The number of hydrogen-bond acceptors (Lipinski definition) is 4. The van der Waals surface area contributed by atoms with Crippen LogP contribution in [0.5, 0.6) is 0 Å². The van der Waals surface area contributed by atoms with E-state index in [2.05, 4.69) is 76.2 Å². The van der Waals surface area contributed by atoms with E-state index in [4.69, 9.17) is 0 Å². The van der Waals surface area contributed by atoms with Gasteiger partial charge in [-0.15, -0.1) is 0 Å². The van der Waals surface area contributed by atoms with Gasteiger partial charge in [-0.3, -0.25) is 4.79 Å². The van der Waals surface area contributed by atoms with E-state index in [0.717, 1.165) is 44.5 Å². The zero-order chi connectivity index (χ0) is 23.2. The number of nitrogens with zero attached hydrogens (tertiary/aromatic N) is 5. The molecule has 1 aromatic carbocycles. The maximum absolute atomic E-state index is 12.4. The van der Waals surface area contributed by atoms with E-state index < -0.39 is 0 Å². The molecule has 4 heterocycles. The van der Waals surface area contributed by atoms with Crippen LogP contribution in [0, 0.1) is 5.92 Å². The highest BCUT2D eigenvalue weighted by atomic mass is 16.2. The fraction of sp³-hybridized carbons (Fsp3) is 0.500. The lowest BCUT2D eigenvalue weighted by Crippen LogP contribution is -2.49. The molecular formula is C28H35N5O. The second-order valence-electron chi connectivity index (χ2n) is 10.6. The normalized spacial score (nSPS) is 21.7. The Kier molecular flexibility index (Phi) is 5.56. The quantitative estimate of drug-likeness (QED) is 0.574. The van der Waals surface area contributed by atoms with E-state index in [1.165, 1.54) is 41.9 Å². The Labute approximate surface area is 202 Å². The number of rotatable bonds is 5. The first-order chi connectivity index (χ1) is 16.6. The van der Waals surface area contributed by atoms with Crippen molar-refractivity contribution >= 4 is 17.1 Å². The zero-order valence-corrected chi connectivity index (χ0v) is 20.4. The number of likely N-dealkylation sites (tertiary alicyclic amines) is 1. The number of fused-ring (bicyclic) bond motifs is 1. The molecule has 0 bridgehead atoms. The van der Waals surface area contributed by atoms with Crippen molar-refractivity contribution in [3.63, 3.8) is 0 Å². The SMILES string of the molecule is CC(C)N1CCC(c2ccc(-c3cc4c(N5CCN(C(=O)C6CC6)CC5)ccnn4c3)cc2)C1. The minimum absolute atomic E-state index is 0.307. The number of carbonyl (C=O) groups excluding carboxylic acids is 1. The third kappa shape index (κ3) is 4.09. The number of amides is 1. The predicted octanol–water partition coefficient (Wildman–Crippen LogP) is 4.26. The first-order valence-corrected chi connectivity index (χ1v) is 12.9. The average Bonchev–Trinajstić information content (AvgIpc) is 3.42. The maximum Gasteiger partial charge on any atom is 0.225 e. The summed E-state index contributed by atoms with van der Waals surface area (Å²) in [5.74, 6) is 1.31. The highest BCUT2D eigenvalue weighted by Gasteiger charge is 2.34. The second kappa shape index (κ2) is 8.73. The standard InChI is InChI=1S/C28H35N5O/c1-20(2)32-12-10-24(18-32)21-3-5-22(6-4-21)25-17-27-26(9-11-29-33(27)19-25)30-13-15-31(16-14-30)28(34)23-7-8-23/h3-6,9,11,17,19-20,23-24H,7-8,10,12-16,18H2,1-2H3. The zero-order valence-electron chi connectivity index (χ0n) is 20.4. The number of anilines is 1. The van der Waals surface area contributed by atoms with Gasteiger partial charge in [0.2, 0.25) is 5.91 Å². The molecule has 3 aliphatic rings. The monoisotopic (exact) mass is 457 g/mol. The molecule has 1 unspecified atom stereocenters. The molecule has 178 valence electrons. The summed E-state index contributed by atoms with van der Waals surface area (Å²) in [5, 5.41) is 4.58. The van der Waals surface area contributed by atoms with Gasteiger partial charge in [-0.05, 0) is 68.8 Å². The van der Waals surface area contributed by atoms with Crippen LogP contribution < -0.4 is 4.90 Å². The number of piperazine rings is 1. The van der Waals surface area contributed by atoms with Crippen molar-refractivity contribution in [1.82, 2.24) is 19.4 Å². The third-order valence-corrected chi connectivity index (χ3v) is 8.01. The summed E-state index contributed by atoms with van der Waals surface area (Å²) in [6.07, 6.45) is 7.43. The second-order valence-corrected chi connectivity index (χ2v) is 10.6. The van der Waals surface area contributed by atoms with Crippen LogP contribution in [0.2, 0.25) is 0 Å². The minimum Gasteiger partial charge on any atom is -0.366 e. The van der Waals surface area contributed by atoms with Crippen molar-refractivity contribution in [2.75, 3.05) is 44.2 Å². The number of benzene rings is 1. The van der Waals surface area contributed by atoms with Gasteiger partial charge in [-0.2, -0.15) is 5.10 Å². The van der Waals surface area contributed by atoms with Crippen LogP contribution in [-0.2, 0) is 4.79 Å². The van der Waals surface area contributed by atoms with E-state index in [9.17, 15) is 4.79 Å². The van der Waals surface area contributed by atoms with Crippen LogP contribution in [0.4, 0.5) is 5.69 Å². The topological polar surface area (TPSA) is 44.1 Å². The van der Waals surface area contributed by atoms with E-state index in [1.54, 1.807) is 0 Å². The molecule has 0 radical (unpaired) electrons. The summed E-state index contributed by atoms with van der Waals surface area (Å²) in [5.41, 5.74) is 6.22. The summed E-state index contributed by atoms with van der Waals surface area (Å²) in [7, 11) is 0. The molecule has 34 heavy (non-hydrogen) atoms. The summed E-state index contributed by atoms with van der Waals surface area (Å²) in [6, 6.07) is 14.2. The van der Waals surface area contributed by atoms with Gasteiger partial charge in [0.1, 0.15) is 0 Å². The van der Waals surface area contributed by atoms with E-state index in [0.29, 0.717) is 23.8 Å². The van der Waals surface area contributed by atoms with Gasteiger partial charge in [0.05, 0.1) is 11.2 Å². The van der Waals surface area contributed by atoms with Crippen molar-refractivity contribution in [3.05, 3.63) is 54.4 Å². The number of aromatic nitrogens is 2. The summed E-state index contributed by atoms with van der Waals surface area (Å²) >= 11 is 0. The van der Waals surface area contributed by atoms with Gasteiger partial charge >= 0.3 is 0 Å². The van der Waals surface area contributed by atoms with Gasteiger partial charge in [0.25, 0.3) is 0 Å². The van der Waals surface area contributed by atoms with Crippen molar-refractivity contribution in [2.45, 2.75) is 45.1 Å². The molecule has 2 saturated heterocycles. The number of carbonyl (C=O) groups is 1. The minimum atomic E-state index is 0.307. The van der Waals surface area contributed by atoms with Crippen LogP contribution in [0.3, 0.4) is 0 Å². The molecule has 0 spiro atoms. The highest BCUT2D eigenvalue weighted by Crippen LogP contribution is 2.34. The molecule has 2 aromatic heterocycles. The highest BCUT2D eigenvalue weighted by molar-refractivity contribution is 5.82. The van der Waals surface area contributed by atoms with Crippen molar-refractivity contribution in [2.24, 2.45) is 5.92 Å². The van der Waals surface area contributed by atoms with Gasteiger partial charge < -0.3 is 14.7 Å². The predicted molar refractivity (Wildman–Crippen MR) is 136 cm³/mol. The van der Waals surface area contributed by atoms with E-state index in [-0.39, 0.29) is 0 Å². The molecule has 6 heteroatoms. The molecule has 6 nitrogen and oxygen atoms in total. The molecule has 3 aromatic rings.